The van der Waals surface area contributed by atoms with Gasteiger partial charge in [-0.15, -0.1) is 0 Å². The average Bonchev–Trinajstić information content (AvgIpc) is 2.87. The molecule has 34 heavy (non-hydrogen) atoms. The summed E-state index contributed by atoms with van der Waals surface area (Å²) in [5.74, 6) is 0.0532. The van der Waals surface area contributed by atoms with Gasteiger partial charge in [0, 0.05) is 13.1 Å². The van der Waals surface area contributed by atoms with Crippen LogP contribution in [0, 0.1) is 5.92 Å². The molecule has 8 heteroatoms. The zero-order chi connectivity index (χ0) is 24.1. The summed E-state index contributed by atoms with van der Waals surface area (Å²) >= 11 is 1.21. The van der Waals surface area contributed by atoms with Crippen LogP contribution >= 0.6 is 11.8 Å². The highest BCUT2D eigenvalue weighted by molar-refractivity contribution is 8.00. The summed E-state index contributed by atoms with van der Waals surface area (Å²) in [5, 5.41) is 0.326. The van der Waals surface area contributed by atoms with E-state index in [0.29, 0.717) is 22.0 Å². The molecule has 4 rings (SSSR count). The van der Waals surface area contributed by atoms with Crippen molar-refractivity contribution in [2.45, 2.75) is 43.1 Å². The van der Waals surface area contributed by atoms with E-state index in [4.69, 9.17) is 4.74 Å². The lowest BCUT2D eigenvalue weighted by Gasteiger charge is -2.33. The van der Waals surface area contributed by atoms with Gasteiger partial charge in [0.15, 0.2) is 5.16 Å². The van der Waals surface area contributed by atoms with Crippen molar-refractivity contribution in [2.75, 3.05) is 20.2 Å². The first kappa shape index (κ1) is 24.0. The maximum absolute atomic E-state index is 13.2. The third kappa shape index (κ3) is 5.50. The molecule has 1 saturated heterocycles. The summed E-state index contributed by atoms with van der Waals surface area (Å²) in [7, 11) is 1.28. The number of nitrogens with zero attached hydrogens (tertiary/aromatic N) is 3. The fourth-order valence-corrected chi connectivity index (χ4v) is 5.33. The minimum Gasteiger partial charge on any atom is -0.468 e. The van der Waals surface area contributed by atoms with Crippen LogP contribution in [0.5, 0.6) is 0 Å². The van der Waals surface area contributed by atoms with Gasteiger partial charge in [-0.3, -0.25) is 19.0 Å². The number of likely N-dealkylation sites (tertiary alicyclic amines) is 1. The molecule has 0 spiro atoms. The molecule has 1 aliphatic heterocycles. The SMILES string of the molecule is COC(=O)Cn1c(SC(C)C(=O)N2CCC(Cc3ccccc3)CC2)nc2ccccc2c1=O. The van der Waals surface area contributed by atoms with Crippen LogP contribution in [-0.2, 0) is 27.3 Å². The normalized spacial score (nSPS) is 15.3. The van der Waals surface area contributed by atoms with Crippen molar-refractivity contribution in [3.63, 3.8) is 0 Å². The topological polar surface area (TPSA) is 81.5 Å². The summed E-state index contributed by atoms with van der Waals surface area (Å²) < 4.78 is 6.07. The van der Waals surface area contributed by atoms with Crippen molar-refractivity contribution in [2.24, 2.45) is 5.92 Å². The molecule has 1 unspecified atom stereocenters. The number of methoxy groups -OCH3 is 1. The van der Waals surface area contributed by atoms with Crippen LogP contribution in [0.3, 0.4) is 0 Å². The molecule has 0 bridgehead atoms. The lowest BCUT2D eigenvalue weighted by Crippen LogP contribution is -2.42. The zero-order valence-corrected chi connectivity index (χ0v) is 20.3. The van der Waals surface area contributed by atoms with Gasteiger partial charge in [-0.25, -0.2) is 4.98 Å². The summed E-state index contributed by atoms with van der Waals surface area (Å²) in [5.41, 5.74) is 1.56. The van der Waals surface area contributed by atoms with Gasteiger partial charge in [0.2, 0.25) is 5.91 Å². The van der Waals surface area contributed by atoms with Crippen molar-refractivity contribution in [3.05, 3.63) is 70.5 Å². The standard InChI is InChI=1S/C26H29N3O4S/c1-18(24(31)28-14-12-20(13-15-28)16-19-8-4-3-5-9-19)34-26-27-22-11-7-6-10-21(22)25(32)29(26)17-23(30)33-2/h3-11,18,20H,12-17H2,1-2H3. The van der Waals surface area contributed by atoms with Crippen molar-refractivity contribution < 1.29 is 14.3 Å². The van der Waals surface area contributed by atoms with Crippen LogP contribution in [0.1, 0.15) is 25.3 Å². The third-order valence-electron chi connectivity index (χ3n) is 6.26. The number of ether oxygens (including phenoxy) is 1. The fraction of sp³-hybridized carbons (Fsp3) is 0.385. The van der Waals surface area contributed by atoms with E-state index in [1.807, 2.05) is 24.0 Å². The Hall–Kier alpha value is -3.13. The maximum Gasteiger partial charge on any atom is 0.325 e. The van der Waals surface area contributed by atoms with Crippen LogP contribution in [0.15, 0.2) is 64.5 Å². The van der Waals surface area contributed by atoms with E-state index in [1.165, 1.54) is 29.0 Å². The number of carbonyl (C=O) groups excluding carboxylic acids is 2. The maximum atomic E-state index is 13.2. The Balaban J connectivity index is 1.45. The van der Waals surface area contributed by atoms with Crippen LogP contribution in [0.25, 0.3) is 10.9 Å². The van der Waals surface area contributed by atoms with E-state index < -0.39 is 11.2 Å². The van der Waals surface area contributed by atoms with E-state index in [9.17, 15) is 14.4 Å². The third-order valence-corrected chi connectivity index (χ3v) is 7.34. The Morgan fingerprint density at radius 2 is 1.76 bits per heavy atom. The first-order valence-electron chi connectivity index (χ1n) is 11.5. The number of rotatable bonds is 7. The highest BCUT2D eigenvalue weighted by Crippen LogP contribution is 2.27. The number of aromatic nitrogens is 2. The van der Waals surface area contributed by atoms with E-state index in [1.54, 1.807) is 18.2 Å². The quantitative estimate of drug-likeness (QED) is 0.293. The molecule has 0 aliphatic carbocycles. The molecule has 1 fully saturated rings. The van der Waals surface area contributed by atoms with Crippen LogP contribution < -0.4 is 5.56 Å². The molecule has 7 nitrogen and oxygen atoms in total. The van der Waals surface area contributed by atoms with Crippen molar-refractivity contribution in [1.29, 1.82) is 0 Å². The predicted octanol–water partition coefficient (Wildman–Crippen LogP) is 3.53. The van der Waals surface area contributed by atoms with Crippen molar-refractivity contribution >= 4 is 34.5 Å². The largest absolute Gasteiger partial charge is 0.468 e. The van der Waals surface area contributed by atoms with Gasteiger partial charge in [-0.2, -0.15) is 0 Å². The van der Waals surface area contributed by atoms with Gasteiger partial charge in [0.05, 0.1) is 23.3 Å². The van der Waals surface area contributed by atoms with Gasteiger partial charge >= 0.3 is 5.97 Å². The number of carbonyl (C=O) groups is 2. The van der Waals surface area contributed by atoms with Gasteiger partial charge in [0.25, 0.3) is 5.56 Å². The molecular weight excluding hydrogens is 450 g/mol. The molecule has 0 N–H and O–H groups in total. The summed E-state index contributed by atoms with van der Waals surface area (Å²) in [6.07, 6.45) is 2.98. The summed E-state index contributed by atoms with van der Waals surface area (Å²) in [6, 6.07) is 17.5. The fourth-order valence-electron chi connectivity index (χ4n) is 4.34. The lowest BCUT2D eigenvalue weighted by molar-refractivity contribution is -0.141. The van der Waals surface area contributed by atoms with Crippen LogP contribution in [-0.4, -0.2) is 51.8 Å². The van der Waals surface area contributed by atoms with Gasteiger partial charge < -0.3 is 9.64 Å². The highest BCUT2D eigenvalue weighted by Gasteiger charge is 2.28. The summed E-state index contributed by atoms with van der Waals surface area (Å²) in [6.45, 7) is 3.02. The van der Waals surface area contributed by atoms with E-state index in [0.717, 1.165) is 32.4 Å². The number of para-hydroxylation sites is 1. The molecule has 1 aromatic heterocycles. The molecule has 0 saturated carbocycles. The Kier molecular flexibility index (Phi) is 7.67. The van der Waals surface area contributed by atoms with E-state index in [2.05, 4.69) is 29.2 Å². The first-order valence-corrected chi connectivity index (χ1v) is 12.4. The number of fused-ring (bicyclic) bond motifs is 1. The first-order chi connectivity index (χ1) is 16.5. The number of esters is 1. The summed E-state index contributed by atoms with van der Waals surface area (Å²) in [4.78, 5) is 44.7. The van der Waals surface area contributed by atoms with Crippen molar-refractivity contribution in [1.82, 2.24) is 14.5 Å². The second-order valence-corrected chi connectivity index (χ2v) is 9.91. The predicted molar refractivity (Wildman–Crippen MR) is 133 cm³/mol. The minimum atomic E-state index is -0.541. The Morgan fingerprint density at radius 3 is 2.47 bits per heavy atom. The van der Waals surface area contributed by atoms with Gasteiger partial charge in [0.1, 0.15) is 6.54 Å². The number of benzene rings is 2. The number of piperidine rings is 1. The minimum absolute atomic E-state index is 0.0233. The molecule has 1 atom stereocenters. The Bertz CT molecular complexity index is 1220. The van der Waals surface area contributed by atoms with Gasteiger partial charge in [-0.05, 0) is 49.8 Å². The molecule has 3 aromatic rings. The second kappa shape index (κ2) is 10.9. The van der Waals surface area contributed by atoms with Crippen LogP contribution in [0.2, 0.25) is 0 Å². The molecule has 1 amide bonds. The molecule has 178 valence electrons. The molecule has 2 heterocycles. The second-order valence-electron chi connectivity index (χ2n) is 8.60. The van der Waals surface area contributed by atoms with E-state index >= 15 is 0 Å². The van der Waals surface area contributed by atoms with Gasteiger partial charge in [-0.1, -0.05) is 54.2 Å². The highest BCUT2D eigenvalue weighted by atomic mass is 32.2. The smallest absolute Gasteiger partial charge is 0.325 e. The molecule has 0 radical (unpaired) electrons. The number of amides is 1. The Morgan fingerprint density at radius 1 is 1.09 bits per heavy atom. The lowest BCUT2D eigenvalue weighted by atomic mass is 9.90. The number of hydrogen-bond donors (Lipinski definition) is 0. The Labute approximate surface area is 203 Å². The zero-order valence-electron chi connectivity index (χ0n) is 19.5. The van der Waals surface area contributed by atoms with Crippen LogP contribution in [0.4, 0.5) is 0 Å². The van der Waals surface area contributed by atoms with E-state index in [-0.39, 0.29) is 18.0 Å². The van der Waals surface area contributed by atoms with Crippen molar-refractivity contribution in [3.8, 4) is 0 Å². The average molecular weight is 480 g/mol. The molecular formula is C26H29N3O4S. The monoisotopic (exact) mass is 479 g/mol. The number of thioether (sulfide) groups is 1. The molecule has 1 aliphatic rings. The number of hydrogen-bond acceptors (Lipinski definition) is 6. The molecule has 2 aromatic carbocycles.